The summed E-state index contributed by atoms with van der Waals surface area (Å²) < 4.78 is 62.4. The van der Waals surface area contributed by atoms with Gasteiger partial charge in [-0.25, -0.2) is 27.8 Å². The molecule has 1 aliphatic rings. The van der Waals surface area contributed by atoms with Crippen LogP contribution in [-0.2, 0) is 21.3 Å². The molecular weight excluding hydrogens is 595 g/mol. The molecule has 228 valence electrons. The van der Waals surface area contributed by atoms with Crippen LogP contribution in [-0.4, -0.2) is 71.7 Å². The Bertz CT molecular complexity index is 1780. The summed E-state index contributed by atoms with van der Waals surface area (Å²) in [6, 6.07) is 5.79. The Morgan fingerprint density at radius 1 is 1.26 bits per heavy atom. The zero-order valence-corrected chi connectivity index (χ0v) is 26.4. The summed E-state index contributed by atoms with van der Waals surface area (Å²) in [5.74, 6) is -2.26. The van der Waals surface area contributed by atoms with E-state index in [0.29, 0.717) is 38.5 Å². The highest BCUT2D eigenvalue weighted by molar-refractivity contribution is 7.90. The van der Waals surface area contributed by atoms with Gasteiger partial charge in [-0.2, -0.15) is 14.8 Å². The summed E-state index contributed by atoms with van der Waals surface area (Å²) >= 11 is 0. The van der Waals surface area contributed by atoms with Gasteiger partial charge in [-0.1, -0.05) is 19.6 Å². The van der Waals surface area contributed by atoms with Gasteiger partial charge in [0.2, 0.25) is 5.95 Å². The van der Waals surface area contributed by atoms with Crippen molar-refractivity contribution < 1.29 is 21.9 Å². The van der Waals surface area contributed by atoms with Crippen LogP contribution in [0.5, 0.6) is 0 Å². The van der Waals surface area contributed by atoms with Gasteiger partial charge in [0.1, 0.15) is 18.7 Å². The molecule has 1 fully saturated rings. The third-order valence-corrected chi connectivity index (χ3v) is 10.3. The van der Waals surface area contributed by atoms with E-state index in [2.05, 4.69) is 45.8 Å². The quantitative estimate of drug-likeness (QED) is 0.132. The minimum Gasteiger partial charge on any atom is -0.367 e. The molecule has 2 atom stereocenters. The van der Waals surface area contributed by atoms with Crippen molar-refractivity contribution in [3.63, 3.8) is 0 Å². The number of nitriles is 1. The van der Waals surface area contributed by atoms with Crippen molar-refractivity contribution in [2.24, 2.45) is 5.92 Å². The Kier molecular flexibility index (Phi) is 8.64. The monoisotopic (exact) mass is 628 g/mol. The molecule has 2 unspecified atom stereocenters. The number of ether oxygens (including phenoxy) is 1. The van der Waals surface area contributed by atoms with E-state index >= 15 is 0 Å². The third-order valence-electron chi connectivity index (χ3n) is 7.64. The molecule has 0 N–H and O–H groups in total. The molecule has 0 aromatic carbocycles. The van der Waals surface area contributed by atoms with Crippen LogP contribution >= 0.6 is 0 Å². The van der Waals surface area contributed by atoms with Gasteiger partial charge in [-0.3, -0.25) is 4.68 Å². The first kappa shape index (κ1) is 30.7. The van der Waals surface area contributed by atoms with Crippen LogP contribution in [0.3, 0.4) is 0 Å². The lowest BCUT2D eigenvalue weighted by atomic mass is 9.96. The smallest absolute Gasteiger partial charge is 0.237 e. The normalized spacial score (nSPS) is 16.6. The van der Waals surface area contributed by atoms with Crippen LogP contribution in [0.15, 0.2) is 42.1 Å². The predicted octanol–water partition coefficient (Wildman–Crippen LogP) is 4.67. The fraction of sp³-hybridized carbons (Fsp3) is 0.464. The van der Waals surface area contributed by atoms with E-state index in [9.17, 15) is 22.5 Å². The molecule has 0 radical (unpaired) electrons. The zero-order valence-electron chi connectivity index (χ0n) is 24.5. The molecule has 4 aromatic heterocycles. The highest BCUT2D eigenvalue weighted by Gasteiger charge is 2.34. The highest BCUT2D eigenvalue weighted by Crippen LogP contribution is 2.35. The van der Waals surface area contributed by atoms with E-state index in [-0.39, 0.29) is 24.1 Å². The van der Waals surface area contributed by atoms with Gasteiger partial charge in [-0.15, -0.1) is 0 Å². The van der Waals surface area contributed by atoms with Gasteiger partial charge in [0.15, 0.2) is 20.7 Å². The van der Waals surface area contributed by atoms with Gasteiger partial charge in [0.25, 0.3) is 0 Å². The molecule has 0 spiro atoms. The number of halogens is 2. The Morgan fingerprint density at radius 3 is 2.77 bits per heavy atom. The second-order valence-electron chi connectivity index (χ2n) is 12.1. The highest BCUT2D eigenvalue weighted by atomic mass is 32.2. The molecule has 5 rings (SSSR count). The number of pyridine rings is 1. The fourth-order valence-electron chi connectivity index (χ4n) is 5.33. The van der Waals surface area contributed by atoms with E-state index in [1.807, 2.05) is 23.0 Å². The van der Waals surface area contributed by atoms with E-state index in [1.54, 1.807) is 15.8 Å². The maximum absolute atomic E-state index is 14.8. The number of hydrogen-bond acceptors (Lipinski definition) is 9. The van der Waals surface area contributed by atoms with E-state index < -0.39 is 34.7 Å². The second kappa shape index (κ2) is 12.1. The molecule has 1 aliphatic heterocycles. The molecule has 43 heavy (non-hydrogen) atoms. The first-order valence-electron chi connectivity index (χ1n) is 14.0. The lowest BCUT2D eigenvalue weighted by Crippen LogP contribution is -2.26. The first-order chi connectivity index (χ1) is 20.4. The van der Waals surface area contributed by atoms with Crippen molar-refractivity contribution in [1.82, 2.24) is 29.3 Å². The van der Waals surface area contributed by atoms with Crippen LogP contribution < -0.4 is 4.90 Å². The topological polar surface area (TPSA) is 132 Å². The average molecular weight is 629 g/mol. The van der Waals surface area contributed by atoms with Gasteiger partial charge in [0, 0.05) is 69.4 Å². The summed E-state index contributed by atoms with van der Waals surface area (Å²) in [4.78, 5) is 14.0. The Labute approximate surface area is 250 Å². The maximum atomic E-state index is 14.8. The van der Waals surface area contributed by atoms with Gasteiger partial charge in [0.05, 0.1) is 36.1 Å². The molecule has 11 nitrogen and oxygen atoms in total. The van der Waals surface area contributed by atoms with Crippen LogP contribution in [0.4, 0.5) is 14.5 Å². The molecule has 0 aliphatic carbocycles. The Morgan fingerprint density at radius 2 is 2.05 bits per heavy atom. The molecule has 0 bridgehead atoms. The SMILES string of the molecule is C[Si](C)(C)CCOCn1ccc2c(-c3cnn(C(CC#N)C4CCN(c5cc(F)c(S(C)(=O)=O)nc5F)C4)c3)ncnc21. The number of anilines is 1. The largest absolute Gasteiger partial charge is 0.367 e. The first-order valence-corrected chi connectivity index (χ1v) is 19.6. The summed E-state index contributed by atoms with van der Waals surface area (Å²) in [7, 11) is -5.21. The Hall–Kier alpha value is -3.74. The Balaban J connectivity index is 1.34. The van der Waals surface area contributed by atoms with Crippen molar-refractivity contribution in [3.05, 3.63) is 48.8 Å². The summed E-state index contributed by atoms with van der Waals surface area (Å²) in [5.41, 5.74) is 2.10. The van der Waals surface area contributed by atoms with Crippen molar-refractivity contribution >= 4 is 34.6 Å². The van der Waals surface area contributed by atoms with Gasteiger partial charge in [-0.05, 0) is 18.5 Å². The minimum atomic E-state index is -4.02. The summed E-state index contributed by atoms with van der Waals surface area (Å²) in [6.07, 6.45) is 8.50. The standard InChI is InChI=1S/C28H34F2N8O3SSi/c1-42(39,40)28-22(29)13-24(26(30)35-28)36-9-6-19(15-36)23(5-8-31)38-16-20(14-34-38)25-21-7-10-37(27(21)33-17-32-25)18-41-11-12-43(2,3)4/h7,10,13-14,16-17,19,23H,5-6,9,11-12,15,18H2,1-4H3. The van der Waals surface area contributed by atoms with Gasteiger partial charge >= 0.3 is 0 Å². The van der Waals surface area contributed by atoms with E-state index in [0.717, 1.165) is 35.0 Å². The number of rotatable bonds is 11. The lowest BCUT2D eigenvalue weighted by Gasteiger charge is -2.23. The molecule has 0 amide bonds. The van der Waals surface area contributed by atoms with Crippen LogP contribution in [0, 0.1) is 29.0 Å². The predicted molar refractivity (Wildman–Crippen MR) is 160 cm³/mol. The summed E-state index contributed by atoms with van der Waals surface area (Å²) in [6.45, 7) is 8.72. The van der Waals surface area contributed by atoms with Crippen molar-refractivity contribution in [1.29, 1.82) is 5.26 Å². The number of sulfone groups is 1. The zero-order chi connectivity index (χ0) is 30.9. The van der Waals surface area contributed by atoms with E-state index in [4.69, 9.17) is 4.74 Å². The van der Waals surface area contributed by atoms with Crippen molar-refractivity contribution in [2.75, 3.05) is 30.9 Å². The van der Waals surface area contributed by atoms with Crippen LogP contribution in [0.1, 0.15) is 18.9 Å². The van der Waals surface area contributed by atoms with Crippen LogP contribution in [0.25, 0.3) is 22.3 Å². The number of fused-ring (bicyclic) bond motifs is 1. The molecule has 15 heteroatoms. The van der Waals surface area contributed by atoms with E-state index in [1.165, 1.54) is 6.33 Å². The van der Waals surface area contributed by atoms with Gasteiger partial charge < -0.3 is 14.2 Å². The lowest BCUT2D eigenvalue weighted by molar-refractivity contribution is 0.0899. The molecule has 1 saturated heterocycles. The number of aromatic nitrogens is 6. The average Bonchev–Trinajstić information content (AvgIpc) is 3.70. The molecular formula is C28H34F2N8O3SSi. The third kappa shape index (κ3) is 6.76. The molecule has 0 saturated carbocycles. The maximum Gasteiger partial charge on any atom is 0.237 e. The summed E-state index contributed by atoms with van der Waals surface area (Å²) in [5, 5.41) is 14.1. The fourth-order valence-corrected chi connectivity index (χ4v) is 6.75. The molecule has 4 aromatic rings. The second-order valence-corrected chi connectivity index (χ2v) is 19.6. The van der Waals surface area contributed by atoms with Crippen molar-refractivity contribution in [3.8, 4) is 17.3 Å². The minimum absolute atomic E-state index is 0.107. The van der Waals surface area contributed by atoms with Crippen molar-refractivity contribution in [2.45, 2.75) is 56.3 Å². The number of nitrogens with zero attached hydrogens (tertiary/aromatic N) is 8. The van der Waals surface area contributed by atoms with Crippen LogP contribution in [0.2, 0.25) is 25.7 Å². The molecule has 5 heterocycles. The number of hydrogen-bond donors (Lipinski definition) is 0.